The molecule has 0 saturated heterocycles. The Labute approximate surface area is 188 Å². The molecule has 3 aromatic carbocycles. The maximum atomic E-state index is 12.5. The normalized spacial score (nSPS) is 11.8. The highest BCUT2D eigenvalue weighted by molar-refractivity contribution is 6.09. The molecule has 0 atom stereocenters. The van der Waals surface area contributed by atoms with Crippen LogP contribution in [-0.2, 0) is 0 Å². The molecule has 162 valence electrons. The number of ketones is 2. The summed E-state index contributed by atoms with van der Waals surface area (Å²) in [5.41, 5.74) is 4.85. The summed E-state index contributed by atoms with van der Waals surface area (Å²) in [6.07, 6.45) is 3.26. The first-order valence-corrected chi connectivity index (χ1v) is 10.3. The summed E-state index contributed by atoms with van der Waals surface area (Å²) in [5, 5.41) is 0. The lowest BCUT2D eigenvalue weighted by molar-refractivity contribution is 0.103. The van der Waals surface area contributed by atoms with Crippen molar-refractivity contribution in [1.29, 1.82) is 0 Å². The number of rotatable bonds is 8. The molecule has 0 aliphatic heterocycles. The SMILES string of the molecule is COc1ccc(C(=O)C=C(C)c2ccc(C(C)=CC(=O)c3ccc(OC)cc3)cc2)cc1. The highest BCUT2D eigenvalue weighted by Crippen LogP contribution is 2.21. The third kappa shape index (κ3) is 5.61. The number of hydrogen-bond donors (Lipinski definition) is 0. The van der Waals surface area contributed by atoms with E-state index in [0.717, 1.165) is 22.3 Å². The molecule has 0 unspecified atom stereocenters. The first-order chi connectivity index (χ1) is 15.4. The van der Waals surface area contributed by atoms with Gasteiger partial charge in [-0.1, -0.05) is 24.3 Å². The molecule has 32 heavy (non-hydrogen) atoms. The fourth-order valence-electron chi connectivity index (χ4n) is 3.23. The minimum atomic E-state index is -0.0598. The molecule has 0 heterocycles. The topological polar surface area (TPSA) is 52.6 Å². The third-order valence-corrected chi connectivity index (χ3v) is 5.24. The van der Waals surface area contributed by atoms with E-state index in [1.54, 1.807) is 74.9 Å². The van der Waals surface area contributed by atoms with Gasteiger partial charge in [-0.15, -0.1) is 0 Å². The van der Waals surface area contributed by atoms with Crippen molar-refractivity contribution < 1.29 is 19.1 Å². The number of allylic oxidation sites excluding steroid dienone is 4. The van der Waals surface area contributed by atoms with Crippen molar-refractivity contribution in [3.63, 3.8) is 0 Å². The summed E-state index contributed by atoms with van der Waals surface area (Å²) < 4.78 is 10.3. The van der Waals surface area contributed by atoms with E-state index < -0.39 is 0 Å². The van der Waals surface area contributed by atoms with Crippen LogP contribution in [0.25, 0.3) is 11.1 Å². The second kappa shape index (κ2) is 10.4. The zero-order chi connectivity index (χ0) is 23.1. The zero-order valence-corrected chi connectivity index (χ0v) is 18.7. The van der Waals surface area contributed by atoms with Crippen molar-refractivity contribution in [2.24, 2.45) is 0 Å². The second-order valence-electron chi connectivity index (χ2n) is 7.42. The predicted molar refractivity (Wildman–Crippen MR) is 128 cm³/mol. The summed E-state index contributed by atoms with van der Waals surface area (Å²) in [7, 11) is 3.19. The molecule has 3 rings (SSSR count). The molecule has 0 aromatic heterocycles. The van der Waals surface area contributed by atoms with Gasteiger partial charge in [0.05, 0.1) is 14.2 Å². The minimum absolute atomic E-state index is 0.0598. The van der Waals surface area contributed by atoms with Crippen LogP contribution in [-0.4, -0.2) is 25.8 Å². The summed E-state index contributed by atoms with van der Waals surface area (Å²) in [4.78, 5) is 25.1. The number of benzene rings is 3. The summed E-state index contributed by atoms with van der Waals surface area (Å²) >= 11 is 0. The molecule has 0 N–H and O–H groups in total. The molecule has 0 radical (unpaired) electrons. The monoisotopic (exact) mass is 426 g/mol. The Hall–Kier alpha value is -3.92. The van der Waals surface area contributed by atoms with E-state index in [0.29, 0.717) is 22.6 Å². The van der Waals surface area contributed by atoms with Gasteiger partial charge in [-0.25, -0.2) is 0 Å². The van der Waals surface area contributed by atoms with Crippen LogP contribution in [0.5, 0.6) is 11.5 Å². The average Bonchev–Trinajstić information content (AvgIpc) is 2.84. The maximum Gasteiger partial charge on any atom is 0.186 e. The Morgan fingerprint density at radius 3 is 1.09 bits per heavy atom. The molecule has 0 bridgehead atoms. The molecule has 4 heteroatoms. The predicted octanol–water partition coefficient (Wildman–Crippen LogP) is 6.28. The molecular weight excluding hydrogens is 400 g/mol. The quantitative estimate of drug-likeness (QED) is 0.314. The van der Waals surface area contributed by atoms with Gasteiger partial charge in [0.2, 0.25) is 0 Å². The van der Waals surface area contributed by atoms with E-state index in [2.05, 4.69) is 0 Å². The van der Waals surface area contributed by atoms with Gasteiger partial charge in [-0.05, 0) is 96.8 Å². The van der Waals surface area contributed by atoms with Gasteiger partial charge in [0, 0.05) is 11.1 Å². The van der Waals surface area contributed by atoms with Crippen LogP contribution in [0, 0.1) is 0 Å². The molecule has 0 aliphatic carbocycles. The van der Waals surface area contributed by atoms with E-state index >= 15 is 0 Å². The van der Waals surface area contributed by atoms with Crippen molar-refractivity contribution in [2.75, 3.05) is 14.2 Å². The van der Waals surface area contributed by atoms with Gasteiger partial charge in [-0.3, -0.25) is 9.59 Å². The highest BCUT2D eigenvalue weighted by Gasteiger charge is 2.07. The van der Waals surface area contributed by atoms with E-state index in [4.69, 9.17) is 9.47 Å². The number of carbonyl (C=O) groups is 2. The molecule has 0 saturated carbocycles. The molecule has 0 fully saturated rings. The molecule has 3 aromatic rings. The highest BCUT2D eigenvalue weighted by atomic mass is 16.5. The van der Waals surface area contributed by atoms with Crippen molar-refractivity contribution in [3.8, 4) is 11.5 Å². The van der Waals surface area contributed by atoms with Gasteiger partial charge in [-0.2, -0.15) is 0 Å². The van der Waals surface area contributed by atoms with E-state index in [-0.39, 0.29) is 11.6 Å². The minimum Gasteiger partial charge on any atom is -0.497 e. The Bertz CT molecular complexity index is 1060. The standard InChI is InChI=1S/C28H26O4/c1-19(17-27(29)23-9-13-25(31-3)14-10-23)21-5-7-22(8-6-21)20(2)18-28(30)24-11-15-26(32-4)16-12-24/h5-18H,1-4H3. The van der Waals surface area contributed by atoms with Gasteiger partial charge in [0.25, 0.3) is 0 Å². The summed E-state index contributed by atoms with van der Waals surface area (Å²) in [6.45, 7) is 3.82. The first kappa shape index (κ1) is 22.8. The van der Waals surface area contributed by atoms with Crippen LogP contribution in [0.3, 0.4) is 0 Å². The third-order valence-electron chi connectivity index (χ3n) is 5.24. The van der Waals surface area contributed by atoms with Crippen LogP contribution in [0.1, 0.15) is 45.7 Å². The van der Waals surface area contributed by atoms with Crippen LogP contribution in [0.15, 0.2) is 84.9 Å². The first-order valence-electron chi connectivity index (χ1n) is 10.3. The Morgan fingerprint density at radius 1 is 0.531 bits per heavy atom. The molecule has 0 amide bonds. The van der Waals surface area contributed by atoms with Crippen molar-refractivity contribution >= 4 is 22.7 Å². The second-order valence-corrected chi connectivity index (χ2v) is 7.42. The van der Waals surface area contributed by atoms with Gasteiger partial charge >= 0.3 is 0 Å². The fraction of sp³-hybridized carbons (Fsp3) is 0.143. The van der Waals surface area contributed by atoms with Crippen LogP contribution >= 0.6 is 0 Å². The number of methoxy groups -OCH3 is 2. The van der Waals surface area contributed by atoms with Crippen LogP contribution in [0.2, 0.25) is 0 Å². The number of ether oxygens (including phenoxy) is 2. The van der Waals surface area contributed by atoms with E-state index in [1.807, 2.05) is 38.1 Å². The Kier molecular flexibility index (Phi) is 7.40. The number of hydrogen-bond acceptors (Lipinski definition) is 4. The smallest absolute Gasteiger partial charge is 0.186 e. The molecule has 0 spiro atoms. The van der Waals surface area contributed by atoms with E-state index in [1.165, 1.54) is 0 Å². The Balaban J connectivity index is 1.72. The van der Waals surface area contributed by atoms with Crippen molar-refractivity contribution in [2.45, 2.75) is 13.8 Å². The summed E-state index contributed by atoms with van der Waals surface area (Å²) in [6, 6.07) is 21.9. The number of carbonyl (C=O) groups excluding carboxylic acids is 2. The van der Waals surface area contributed by atoms with Crippen molar-refractivity contribution in [3.05, 3.63) is 107 Å². The van der Waals surface area contributed by atoms with Gasteiger partial charge in [0.15, 0.2) is 11.6 Å². The van der Waals surface area contributed by atoms with Crippen molar-refractivity contribution in [1.82, 2.24) is 0 Å². The van der Waals surface area contributed by atoms with Gasteiger partial charge < -0.3 is 9.47 Å². The lowest BCUT2D eigenvalue weighted by Gasteiger charge is -2.06. The maximum absolute atomic E-state index is 12.5. The zero-order valence-electron chi connectivity index (χ0n) is 18.7. The van der Waals surface area contributed by atoms with Crippen LogP contribution in [0.4, 0.5) is 0 Å². The lowest BCUT2D eigenvalue weighted by Crippen LogP contribution is -1.97. The summed E-state index contributed by atoms with van der Waals surface area (Å²) in [5.74, 6) is 1.31. The molecule has 0 aliphatic rings. The molecule has 4 nitrogen and oxygen atoms in total. The Morgan fingerprint density at radius 2 is 0.812 bits per heavy atom. The fourth-order valence-corrected chi connectivity index (χ4v) is 3.23. The van der Waals surface area contributed by atoms with E-state index in [9.17, 15) is 9.59 Å². The molecular formula is C28H26O4. The lowest BCUT2D eigenvalue weighted by atomic mass is 9.98. The largest absolute Gasteiger partial charge is 0.497 e. The average molecular weight is 427 g/mol. The van der Waals surface area contributed by atoms with Gasteiger partial charge in [0.1, 0.15) is 11.5 Å². The van der Waals surface area contributed by atoms with Crippen LogP contribution < -0.4 is 9.47 Å².